The lowest BCUT2D eigenvalue weighted by atomic mass is 10.0. The molecule has 2 heterocycles. The second-order valence-electron chi connectivity index (χ2n) is 6.67. The van der Waals surface area contributed by atoms with E-state index in [1.165, 1.54) is 37.9 Å². The summed E-state index contributed by atoms with van der Waals surface area (Å²) in [6, 6.07) is 8.45. The van der Waals surface area contributed by atoms with E-state index in [0.29, 0.717) is 18.7 Å². The molecule has 2 aliphatic heterocycles. The minimum atomic E-state index is -1.17. The topological polar surface area (TPSA) is 52.6 Å². The Bertz CT molecular complexity index is 520. The van der Waals surface area contributed by atoms with Crippen LogP contribution in [0.25, 0.3) is 0 Å². The zero-order chi connectivity index (χ0) is 16.1. The number of likely N-dealkylation sites (tertiary alicyclic amines) is 1. The molecule has 2 aliphatic rings. The molecule has 3 rings (SSSR count). The van der Waals surface area contributed by atoms with Crippen molar-refractivity contribution in [3.8, 4) is 0 Å². The zero-order valence-electron chi connectivity index (χ0n) is 13.6. The predicted octanol–water partition coefficient (Wildman–Crippen LogP) is 2.16. The number of amides is 1. The van der Waals surface area contributed by atoms with Gasteiger partial charge in [0.25, 0.3) is 5.91 Å². The third-order valence-corrected chi connectivity index (χ3v) is 5.93. The van der Waals surface area contributed by atoms with E-state index in [2.05, 4.69) is 34.5 Å². The van der Waals surface area contributed by atoms with Gasteiger partial charge in [-0.3, -0.25) is 9.69 Å². The first kappa shape index (κ1) is 16.8. The van der Waals surface area contributed by atoms with Crippen LogP contribution in [0.3, 0.4) is 0 Å². The van der Waals surface area contributed by atoms with Crippen molar-refractivity contribution >= 4 is 17.7 Å². The molecule has 4 nitrogen and oxygen atoms in total. The molecule has 1 atom stereocenters. The number of piperidine rings is 1. The monoisotopic (exact) mass is 334 g/mol. The molecule has 0 aromatic heterocycles. The maximum atomic E-state index is 12.1. The smallest absolute Gasteiger partial charge is 0.253 e. The summed E-state index contributed by atoms with van der Waals surface area (Å²) in [5, 5.41) is 13.1. The van der Waals surface area contributed by atoms with Gasteiger partial charge in [-0.05, 0) is 49.2 Å². The van der Waals surface area contributed by atoms with Crippen LogP contribution >= 0.6 is 11.8 Å². The Hall–Kier alpha value is -1.04. The maximum Gasteiger partial charge on any atom is 0.253 e. The average Bonchev–Trinajstić information content (AvgIpc) is 3.03. The third-order valence-electron chi connectivity index (χ3n) is 4.75. The predicted molar refractivity (Wildman–Crippen MR) is 94.3 cm³/mol. The van der Waals surface area contributed by atoms with Crippen molar-refractivity contribution in [2.45, 2.75) is 44.4 Å². The molecule has 1 aromatic rings. The molecule has 1 amide bonds. The van der Waals surface area contributed by atoms with Crippen molar-refractivity contribution in [2.75, 3.05) is 24.6 Å². The number of hydrogen-bond donors (Lipinski definition) is 2. The first-order chi connectivity index (χ1) is 11.2. The van der Waals surface area contributed by atoms with E-state index in [9.17, 15) is 9.90 Å². The highest BCUT2D eigenvalue weighted by atomic mass is 32.2. The van der Waals surface area contributed by atoms with Gasteiger partial charge in [-0.2, -0.15) is 11.8 Å². The lowest BCUT2D eigenvalue weighted by Crippen LogP contribution is -2.46. The van der Waals surface area contributed by atoms with E-state index in [0.717, 1.165) is 17.9 Å². The minimum absolute atomic E-state index is 0.236. The standard InChI is InChI=1S/C18H26N2O2S/c21-17(18(22)8-11-23-14-18)19-12-15-4-6-16(7-5-15)13-20-9-2-1-3-10-20/h4-7,22H,1-3,8-14H2,(H,19,21). The van der Waals surface area contributed by atoms with Crippen molar-refractivity contribution in [3.05, 3.63) is 35.4 Å². The second kappa shape index (κ2) is 7.69. The summed E-state index contributed by atoms with van der Waals surface area (Å²) in [5.41, 5.74) is 1.24. The Morgan fingerprint density at radius 1 is 1.17 bits per heavy atom. The van der Waals surface area contributed by atoms with Crippen molar-refractivity contribution in [1.29, 1.82) is 0 Å². The van der Waals surface area contributed by atoms with Gasteiger partial charge in [0.05, 0.1) is 0 Å². The van der Waals surface area contributed by atoms with Gasteiger partial charge in [0.1, 0.15) is 0 Å². The lowest BCUT2D eigenvalue weighted by molar-refractivity contribution is -0.137. The summed E-state index contributed by atoms with van der Waals surface area (Å²) in [7, 11) is 0. The zero-order valence-corrected chi connectivity index (χ0v) is 14.4. The van der Waals surface area contributed by atoms with Gasteiger partial charge in [-0.15, -0.1) is 0 Å². The number of nitrogens with one attached hydrogen (secondary N) is 1. The number of rotatable bonds is 5. The molecule has 1 aromatic carbocycles. The van der Waals surface area contributed by atoms with E-state index < -0.39 is 5.60 Å². The maximum absolute atomic E-state index is 12.1. The summed E-state index contributed by atoms with van der Waals surface area (Å²) in [4.78, 5) is 14.6. The number of nitrogens with zero attached hydrogens (tertiary/aromatic N) is 1. The highest BCUT2D eigenvalue weighted by Crippen LogP contribution is 2.27. The summed E-state index contributed by atoms with van der Waals surface area (Å²) in [6.07, 6.45) is 4.54. The number of aliphatic hydroxyl groups is 1. The summed E-state index contributed by atoms with van der Waals surface area (Å²) < 4.78 is 0. The first-order valence-corrected chi connectivity index (χ1v) is 9.70. The molecule has 0 aliphatic carbocycles. The van der Waals surface area contributed by atoms with Crippen LogP contribution in [0, 0.1) is 0 Å². The normalized spacial score (nSPS) is 25.4. The van der Waals surface area contributed by atoms with Crippen molar-refractivity contribution in [3.63, 3.8) is 0 Å². The number of benzene rings is 1. The molecular formula is C18H26N2O2S. The van der Waals surface area contributed by atoms with Crippen LogP contribution in [0.4, 0.5) is 0 Å². The summed E-state index contributed by atoms with van der Waals surface area (Å²) >= 11 is 1.63. The van der Waals surface area contributed by atoms with Gasteiger partial charge in [-0.1, -0.05) is 30.7 Å². The van der Waals surface area contributed by atoms with E-state index in [1.807, 2.05) is 0 Å². The first-order valence-electron chi connectivity index (χ1n) is 8.54. The van der Waals surface area contributed by atoms with Gasteiger partial charge in [0.2, 0.25) is 0 Å². The van der Waals surface area contributed by atoms with Crippen LogP contribution in [-0.4, -0.2) is 46.1 Å². The highest BCUT2D eigenvalue weighted by molar-refractivity contribution is 7.99. The minimum Gasteiger partial charge on any atom is -0.379 e. The molecule has 0 radical (unpaired) electrons. The van der Waals surface area contributed by atoms with Crippen molar-refractivity contribution in [2.24, 2.45) is 0 Å². The molecule has 2 saturated heterocycles. The number of thioether (sulfide) groups is 1. The Morgan fingerprint density at radius 3 is 2.52 bits per heavy atom. The van der Waals surface area contributed by atoms with E-state index in [4.69, 9.17) is 0 Å². The van der Waals surface area contributed by atoms with E-state index >= 15 is 0 Å². The quantitative estimate of drug-likeness (QED) is 0.866. The van der Waals surface area contributed by atoms with Crippen LogP contribution in [0.2, 0.25) is 0 Å². The fraction of sp³-hybridized carbons (Fsp3) is 0.611. The molecule has 1 unspecified atom stereocenters. The van der Waals surface area contributed by atoms with Crippen molar-refractivity contribution < 1.29 is 9.90 Å². The van der Waals surface area contributed by atoms with E-state index in [-0.39, 0.29) is 5.91 Å². The number of hydrogen-bond acceptors (Lipinski definition) is 4. The number of carbonyl (C=O) groups excluding carboxylic acids is 1. The van der Waals surface area contributed by atoms with E-state index in [1.54, 1.807) is 11.8 Å². The average molecular weight is 334 g/mol. The molecule has 23 heavy (non-hydrogen) atoms. The van der Waals surface area contributed by atoms with Crippen molar-refractivity contribution in [1.82, 2.24) is 10.2 Å². The van der Waals surface area contributed by atoms with Crippen LogP contribution in [-0.2, 0) is 17.9 Å². The summed E-state index contributed by atoms with van der Waals surface area (Å²) in [5.74, 6) is 1.13. The van der Waals surface area contributed by atoms with Gasteiger partial charge < -0.3 is 10.4 Å². The SMILES string of the molecule is O=C(NCc1ccc(CN2CCCCC2)cc1)C1(O)CCSC1. The summed E-state index contributed by atoms with van der Waals surface area (Å²) in [6.45, 7) is 3.90. The Balaban J connectivity index is 1.48. The second-order valence-corrected chi connectivity index (χ2v) is 7.78. The molecule has 0 spiro atoms. The molecule has 2 N–H and O–H groups in total. The van der Waals surface area contributed by atoms with Gasteiger partial charge in [0.15, 0.2) is 5.60 Å². The third kappa shape index (κ3) is 4.49. The Kier molecular flexibility index (Phi) is 5.62. The Morgan fingerprint density at radius 2 is 1.87 bits per heavy atom. The number of carbonyl (C=O) groups is 1. The Labute approximate surface area is 142 Å². The molecule has 2 fully saturated rings. The molecule has 0 saturated carbocycles. The van der Waals surface area contributed by atoms with Crippen LogP contribution < -0.4 is 5.32 Å². The molecule has 5 heteroatoms. The fourth-order valence-corrected chi connectivity index (χ4v) is 4.46. The van der Waals surface area contributed by atoms with Crippen LogP contribution in [0.1, 0.15) is 36.8 Å². The van der Waals surface area contributed by atoms with Gasteiger partial charge >= 0.3 is 0 Å². The largest absolute Gasteiger partial charge is 0.379 e. The van der Waals surface area contributed by atoms with Crippen LogP contribution in [0.5, 0.6) is 0 Å². The molecule has 0 bridgehead atoms. The van der Waals surface area contributed by atoms with Gasteiger partial charge in [-0.25, -0.2) is 0 Å². The molecule has 126 valence electrons. The highest BCUT2D eigenvalue weighted by Gasteiger charge is 2.39. The molecular weight excluding hydrogens is 308 g/mol. The lowest BCUT2D eigenvalue weighted by Gasteiger charge is -2.26. The fourth-order valence-electron chi connectivity index (χ4n) is 3.22. The van der Waals surface area contributed by atoms with Crippen LogP contribution in [0.15, 0.2) is 24.3 Å². The van der Waals surface area contributed by atoms with Gasteiger partial charge in [0, 0.05) is 18.8 Å².